The van der Waals surface area contributed by atoms with Gasteiger partial charge in [0.25, 0.3) is 0 Å². The van der Waals surface area contributed by atoms with Crippen LogP contribution in [0.1, 0.15) is 71.7 Å². The zero-order valence-corrected chi connectivity index (χ0v) is 15.8. The van der Waals surface area contributed by atoms with Gasteiger partial charge < -0.3 is 4.74 Å². The Morgan fingerprint density at radius 1 is 0.808 bits per heavy atom. The van der Waals surface area contributed by atoms with Gasteiger partial charge in [0, 0.05) is 11.1 Å². The quantitative estimate of drug-likeness (QED) is 0.292. The average molecular weight is 352 g/mol. The van der Waals surface area contributed by atoms with Gasteiger partial charge in [-0.15, -0.1) is 0 Å². The van der Waals surface area contributed by atoms with Crippen molar-refractivity contribution in [2.24, 2.45) is 0 Å². The van der Waals surface area contributed by atoms with Crippen LogP contribution in [-0.2, 0) is 0 Å². The van der Waals surface area contributed by atoms with Gasteiger partial charge in [0.1, 0.15) is 5.75 Å². The van der Waals surface area contributed by atoms with Crippen LogP contribution in [0.3, 0.4) is 0 Å². The number of unbranched alkanes of at least 4 members (excludes halogenated alkanes) is 5. The van der Waals surface area contributed by atoms with E-state index in [4.69, 9.17) is 4.74 Å². The molecule has 0 bridgehead atoms. The van der Waals surface area contributed by atoms with E-state index in [2.05, 4.69) is 6.92 Å². The van der Waals surface area contributed by atoms with Gasteiger partial charge >= 0.3 is 0 Å². The summed E-state index contributed by atoms with van der Waals surface area (Å²) in [6, 6.07) is 14.0. The maximum absolute atomic E-state index is 12.5. The molecule has 0 aliphatic heterocycles. The van der Waals surface area contributed by atoms with E-state index >= 15 is 0 Å². The number of carbonyl (C=O) groups excluding carboxylic acids is 2. The summed E-state index contributed by atoms with van der Waals surface area (Å²) in [7, 11) is 0. The molecule has 3 heteroatoms. The minimum atomic E-state index is -0.499. The van der Waals surface area contributed by atoms with Crippen LogP contribution in [0.15, 0.2) is 48.5 Å². The zero-order chi connectivity index (χ0) is 18.8. The molecule has 0 saturated carbocycles. The minimum Gasteiger partial charge on any atom is -0.494 e. The molecule has 0 unspecified atom stereocenters. The van der Waals surface area contributed by atoms with Gasteiger partial charge in [0.15, 0.2) is 0 Å². The van der Waals surface area contributed by atoms with Crippen LogP contribution in [0.5, 0.6) is 5.75 Å². The Hall–Kier alpha value is -2.42. The molecule has 0 N–H and O–H groups in total. The third-order valence-electron chi connectivity index (χ3n) is 4.35. The van der Waals surface area contributed by atoms with E-state index in [0.29, 0.717) is 23.5 Å². The number of ether oxygens (including phenoxy) is 1. The van der Waals surface area contributed by atoms with Crippen molar-refractivity contribution in [1.82, 2.24) is 0 Å². The van der Waals surface area contributed by atoms with Crippen molar-refractivity contribution in [3.8, 4) is 5.75 Å². The van der Waals surface area contributed by atoms with E-state index in [-0.39, 0.29) is 0 Å². The number of hydrogen-bond acceptors (Lipinski definition) is 3. The molecule has 0 saturated heterocycles. The first-order valence-electron chi connectivity index (χ1n) is 9.50. The molecule has 2 rings (SSSR count). The van der Waals surface area contributed by atoms with E-state index in [0.717, 1.165) is 18.4 Å². The standard InChI is InChI=1S/C23H28O3/c1-3-4-5-6-7-8-15-26-21-14-10-13-20(17-21)23(25)22(24)19-12-9-11-18(2)16-19/h9-14,16-17H,3-8,15H2,1-2H3. The lowest BCUT2D eigenvalue weighted by molar-refractivity contribution is 0.0816. The highest BCUT2D eigenvalue weighted by atomic mass is 16.5. The fourth-order valence-electron chi connectivity index (χ4n) is 2.85. The molecule has 3 nitrogen and oxygen atoms in total. The summed E-state index contributed by atoms with van der Waals surface area (Å²) >= 11 is 0. The Bertz CT molecular complexity index is 734. The Balaban J connectivity index is 1.89. The van der Waals surface area contributed by atoms with Gasteiger partial charge in [-0.25, -0.2) is 0 Å². The summed E-state index contributed by atoms with van der Waals surface area (Å²) in [4.78, 5) is 24.9. The molecule has 2 aromatic carbocycles. The van der Waals surface area contributed by atoms with E-state index < -0.39 is 11.6 Å². The maximum atomic E-state index is 12.5. The van der Waals surface area contributed by atoms with Gasteiger partial charge in [-0.1, -0.05) is 74.9 Å². The summed E-state index contributed by atoms with van der Waals surface area (Å²) in [6.07, 6.45) is 7.22. The summed E-state index contributed by atoms with van der Waals surface area (Å²) in [6.45, 7) is 4.74. The number of benzene rings is 2. The van der Waals surface area contributed by atoms with Gasteiger partial charge in [-0.2, -0.15) is 0 Å². The van der Waals surface area contributed by atoms with Gasteiger partial charge in [0.05, 0.1) is 6.61 Å². The maximum Gasteiger partial charge on any atom is 0.233 e. The molecular formula is C23H28O3. The number of rotatable bonds is 11. The highest BCUT2D eigenvalue weighted by Crippen LogP contribution is 2.17. The van der Waals surface area contributed by atoms with Crippen molar-refractivity contribution in [1.29, 1.82) is 0 Å². The SMILES string of the molecule is CCCCCCCCOc1cccc(C(=O)C(=O)c2cccc(C)c2)c1. The van der Waals surface area contributed by atoms with Crippen molar-refractivity contribution in [3.63, 3.8) is 0 Å². The Kier molecular flexibility index (Phi) is 8.07. The molecular weight excluding hydrogens is 324 g/mol. The van der Waals surface area contributed by atoms with Gasteiger partial charge in [-0.05, 0) is 31.5 Å². The average Bonchev–Trinajstić information content (AvgIpc) is 2.66. The fraction of sp³-hybridized carbons (Fsp3) is 0.391. The van der Waals surface area contributed by atoms with Gasteiger partial charge in [0.2, 0.25) is 11.6 Å². The van der Waals surface area contributed by atoms with Crippen LogP contribution >= 0.6 is 0 Å². The van der Waals surface area contributed by atoms with Crippen molar-refractivity contribution >= 4 is 11.6 Å². The normalized spacial score (nSPS) is 10.5. The third kappa shape index (κ3) is 6.14. The molecule has 0 atom stereocenters. The van der Waals surface area contributed by atoms with E-state index in [1.165, 1.54) is 25.7 Å². The summed E-state index contributed by atoms with van der Waals surface area (Å²) in [5.74, 6) is -0.344. The molecule has 26 heavy (non-hydrogen) atoms. The smallest absolute Gasteiger partial charge is 0.233 e. The first kappa shape index (κ1) is 19.9. The summed E-state index contributed by atoms with van der Waals surface area (Å²) < 4.78 is 5.74. The lowest BCUT2D eigenvalue weighted by Crippen LogP contribution is -2.14. The largest absolute Gasteiger partial charge is 0.494 e. The molecule has 0 aliphatic carbocycles. The van der Waals surface area contributed by atoms with Crippen molar-refractivity contribution in [2.75, 3.05) is 6.61 Å². The summed E-state index contributed by atoms with van der Waals surface area (Å²) in [5, 5.41) is 0. The Morgan fingerprint density at radius 3 is 2.12 bits per heavy atom. The molecule has 0 aliphatic rings. The number of ketones is 2. The van der Waals surface area contributed by atoms with Gasteiger partial charge in [-0.3, -0.25) is 9.59 Å². The van der Waals surface area contributed by atoms with Crippen LogP contribution in [0.4, 0.5) is 0 Å². The molecule has 0 amide bonds. The van der Waals surface area contributed by atoms with Crippen LogP contribution in [0, 0.1) is 6.92 Å². The van der Waals surface area contributed by atoms with Crippen molar-refractivity contribution < 1.29 is 14.3 Å². The van der Waals surface area contributed by atoms with Crippen molar-refractivity contribution in [2.45, 2.75) is 52.4 Å². The second kappa shape index (κ2) is 10.5. The highest BCUT2D eigenvalue weighted by molar-refractivity contribution is 6.49. The summed E-state index contributed by atoms with van der Waals surface area (Å²) in [5.41, 5.74) is 1.75. The number of hydrogen-bond donors (Lipinski definition) is 0. The van der Waals surface area contributed by atoms with Crippen LogP contribution in [0.2, 0.25) is 0 Å². The predicted octanol–water partition coefficient (Wildman–Crippen LogP) is 5.80. The van der Waals surface area contributed by atoms with E-state index in [1.54, 1.807) is 36.4 Å². The fourth-order valence-corrected chi connectivity index (χ4v) is 2.85. The van der Waals surface area contributed by atoms with E-state index in [9.17, 15) is 9.59 Å². The predicted molar refractivity (Wildman–Crippen MR) is 105 cm³/mol. The molecule has 0 aromatic heterocycles. The Morgan fingerprint density at radius 2 is 1.42 bits per heavy atom. The minimum absolute atomic E-state index is 0.372. The molecule has 0 fully saturated rings. The van der Waals surface area contributed by atoms with E-state index in [1.807, 2.05) is 19.1 Å². The lowest BCUT2D eigenvalue weighted by atomic mass is 10.0. The second-order valence-corrected chi connectivity index (χ2v) is 6.67. The van der Waals surface area contributed by atoms with Crippen LogP contribution < -0.4 is 4.74 Å². The van der Waals surface area contributed by atoms with Crippen molar-refractivity contribution in [3.05, 3.63) is 65.2 Å². The molecule has 0 heterocycles. The Labute approximate surface area is 156 Å². The third-order valence-corrected chi connectivity index (χ3v) is 4.35. The first-order valence-corrected chi connectivity index (χ1v) is 9.50. The molecule has 0 spiro atoms. The van der Waals surface area contributed by atoms with Crippen LogP contribution in [-0.4, -0.2) is 18.2 Å². The molecule has 138 valence electrons. The number of carbonyl (C=O) groups is 2. The molecule has 0 radical (unpaired) electrons. The topological polar surface area (TPSA) is 43.4 Å². The lowest BCUT2D eigenvalue weighted by Gasteiger charge is -2.08. The highest BCUT2D eigenvalue weighted by Gasteiger charge is 2.18. The number of aryl methyl sites for hydroxylation is 1. The molecule has 2 aromatic rings. The zero-order valence-electron chi connectivity index (χ0n) is 15.8. The number of Topliss-reactive ketones (excluding diaryl/α,β-unsaturated/α-hetero) is 2. The second-order valence-electron chi connectivity index (χ2n) is 6.67. The van der Waals surface area contributed by atoms with Crippen LogP contribution in [0.25, 0.3) is 0 Å². The monoisotopic (exact) mass is 352 g/mol. The first-order chi connectivity index (χ1) is 12.6.